The van der Waals surface area contributed by atoms with Gasteiger partial charge >= 0.3 is 65.8 Å². The van der Waals surface area contributed by atoms with Gasteiger partial charge in [0, 0.05) is 0 Å². The largest absolute Gasteiger partial charge is 1.00 e. The molecule has 0 amide bonds. The quantitative estimate of drug-likeness (QED) is 0.535. The summed E-state index contributed by atoms with van der Waals surface area (Å²) in [7, 11) is 0. The van der Waals surface area contributed by atoms with Crippen LogP contribution in [-0.4, -0.2) is 36.3 Å². The molecule has 14 heteroatoms. The summed E-state index contributed by atoms with van der Waals surface area (Å²) < 4.78 is 155. The molecular weight excluding hydrogens is 342 g/mol. The first-order valence-electron chi connectivity index (χ1n) is 3.80. The predicted molar refractivity (Wildman–Crippen MR) is 33.0 cm³/mol. The summed E-state index contributed by atoms with van der Waals surface area (Å²) in [6.07, 6.45) is -12.9. The minimum absolute atomic E-state index is 0. The number of alkyl halides is 13. The maximum absolute atomic E-state index is 12.3. The van der Waals surface area contributed by atoms with E-state index in [0.717, 1.165) is 0 Å². The van der Waals surface area contributed by atoms with Crippen molar-refractivity contribution in [1.29, 1.82) is 0 Å². The zero-order valence-electron chi connectivity index (χ0n) is 9.99. The van der Waals surface area contributed by atoms with Crippen LogP contribution in [0, 0.1) is 0 Å². The molecule has 0 aromatic heterocycles. The van der Waals surface area contributed by atoms with Crippen LogP contribution in [0.2, 0.25) is 0 Å². The van der Waals surface area contributed by atoms with Crippen molar-refractivity contribution in [3.05, 3.63) is 0 Å². The predicted octanol–water partition coefficient (Wildman–Crippen LogP) is 1.47. The Balaban J connectivity index is -0.00000162. The third-order valence-electron chi connectivity index (χ3n) is 1.84. The van der Waals surface area contributed by atoms with E-state index in [9.17, 15) is 57.1 Å². The molecule has 0 heterocycles. The van der Waals surface area contributed by atoms with E-state index in [1.165, 1.54) is 0 Å². The van der Waals surface area contributed by atoms with E-state index in [1.54, 1.807) is 0 Å². The Morgan fingerprint density at radius 1 is 0.550 bits per heavy atom. The molecule has 0 nitrogen and oxygen atoms in total. The summed E-state index contributed by atoms with van der Waals surface area (Å²) >= 11 is 0. The second kappa shape index (κ2) is 5.71. The van der Waals surface area contributed by atoms with E-state index in [0.29, 0.717) is 0 Å². The van der Waals surface area contributed by atoms with Crippen LogP contribution >= 0.6 is 0 Å². The Morgan fingerprint density at radius 2 is 0.850 bits per heavy atom. The van der Waals surface area contributed by atoms with Crippen LogP contribution in [0.5, 0.6) is 0 Å². The summed E-state index contributed by atoms with van der Waals surface area (Å²) in [6, 6.07) is 0. The Labute approximate surface area is 125 Å². The molecule has 0 unspecified atom stereocenters. The van der Waals surface area contributed by atoms with E-state index < -0.39 is 36.3 Å². The smallest absolute Gasteiger partial charge is 1.00 e. The molecule has 118 valence electrons. The van der Waals surface area contributed by atoms with Crippen molar-refractivity contribution in [2.75, 3.05) is 0 Å². The van der Waals surface area contributed by atoms with Gasteiger partial charge in [-0.2, -0.15) is 48.3 Å². The van der Waals surface area contributed by atoms with Crippen molar-refractivity contribution in [2.45, 2.75) is 36.3 Å². The van der Waals surface area contributed by atoms with Crippen LogP contribution in [-0.2, 0) is 0 Å². The molecular formula is C6H2F13Na. The van der Waals surface area contributed by atoms with Crippen LogP contribution in [0.4, 0.5) is 57.1 Å². The Bertz CT molecular complexity index is 334. The molecule has 0 N–H and O–H groups in total. The molecule has 0 aromatic carbocycles. The van der Waals surface area contributed by atoms with Crippen molar-refractivity contribution in [3.8, 4) is 0 Å². The van der Waals surface area contributed by atoms with Gasteiger partial charge in [0.15, 0.2) is 0 Å². The van der Waals surface area contributed by atoms with Crippen molar-refractivity contribution in [3.63, 3.8) is 0 Å². The van der Waals surface area contributed by atoms with Crippen molar-refractivity contribution >= 4 is 0 Å². The summed E-state index contributed by atoms with van der Waals surface area (Å²) in [6.45, 7) is 0. The van der Waals surface area contributed by atoms with Gasteiger partial charge in [-0.15, -0.1) is 0 Å². The molecule has 0 saturated carbocycles. The fourth-order valence-electron chi connectivity index (χ4n) is 0.722. The summed E-state index contributed by atoms with van der Waals surface area (Å²) in [5.74, 6) is -30.1. The Hall–Kier alpha value is 0.0900. The average molecular weight is 344 g/mol. The molecule has 0 saturated heterocycles. The minimum atomic E-state index is -7.78. The van der Waals surface area contributed by atoms with Crippen molar-refractivity contribution < 1.29 is 88.1 Å². The van der Waals surface area contributed by atoms with E-state index in [2.05, 4.69) is 0 Å². The minimum Gasteiger partial charge on any atom is -1.00 e. The van der Waals surface area contributed by atoms with Crippen LogP contribution in [0.3, 0.4) is 0 Å². The molecule has 0 aromatic rings. The number of hydrogen-bond donors (Lipinski definition) is 0. The number of hydrogen-bond acceptors (Lipinski definition) is 0. The van der Waals surface area contributed by atoms with Crippen LogP contribution in [0.1, 0.15) is 1.43 Å². The first kappa shape index (κ1) is 22.4. The Morgan fingerprint density at radius 3 is 1.05 bits per heavy atom. The van der Waals surface area contributed by atoms with E-state index in [1.807, 2.05) is 0 Å². The number of rotatable bonds is 4. The Kier molecular flexibility index (Phi) is 6.38. The molecule has 20 heavy (non-hydrogen) atoms. The molecule has 0 aliphatic carbocycles. The van der Waals surface area contributed by atoms with Crippen LogP contribution < -0.4 is 29.6 Å². The molecule has 0 atom stereocenters. The monoisotopic (exact) mass is 344 g/mol. The van der Waals surface area contributed by atoms with Gasteiger partial charge in [-0.25, -0.2) is 8.78 Å². The van der Waals surface area contributed by atoms with Gasteiger partial charge in [0.2, 0.25) is 0 Å². The molecule has 0 radical (unpaired) electrons. The van der Waals surface area contributed by atoms with Gasteiger partial charge in [-0.05, 0) is 0 Å². The second-order valence-corrected chi connectivity index (χ2v) is 3.14. The van der Waals surface area contributed by atoms with Crippen LogP contribution in [0.15, 0.2) is 0 Å². The standard InChI is InChI=1S/C6HF13.Na.H/c7-1(8)2(9,10)3(11,12)4(13,14)5(15,16)6(17,18)19;;/h1H;;/q;+1;-1. The van der Waals surface area contributed by atoms with E-state index in [-0.39, 0.29) is 31.0 Å². The van der Waals surface area contributed by atoms with Gasteiger partial charge in [0.25, 0.3) is 0 Å². The van der Waals surface area contributed by atoms with Gasteiger partial charge in [0.05, 0.1) is 0 Å². The third kappa shape index (κ3) is 2.98. The maximum atomic E-state index is 12.3. The summed E-state index contributed by atoms with van der Waals surface area (Å²) in [4.78, 5) is 0. The second-order valence-electron chi connectivity index (χ2n) is 3.14. The molecule has 0 aliphatic rings. The van der Waals surface area contributed by atoms with Gasteiger partial charge < -0.3 is 1.43 Å². The summed E-state index contributed by atoms with van der Waals surface area (Å²) in [5.41, 5.74) is 0. The van der Waals surface area contributed by atoms with Crippen molar-refractivity contribution in [2.24, 2.45) is 0 Å². The fourth-order valence-corrected chi connectivity index (χ4v) is 0.722. The normalized spacial score (nSPS) is 15.3. The zero-order chi connectivity index (χ0) is 16.1. The molecule has 0 rings (SSSR count). The topological polar surface area (TPSA) is 0 Å². The first-order chi connectivity index (χ1) is 7.94. The van der Waals surface area contributed by atoms with Gasteiger partial charge in [-0.1, -0.05) is 0 Å². The van der Waals surface area contributed by atoms with E-state index >= 15 is 0 Å². The van der Waals surface area contributed by atoms with E-state index in [4.69, 9.17) is 0 Å². The third-order valence-corrected chi connectivity index (χ3v) is 1.84. The van der Waals surface area contributed by atoms with Gasteiger partial charge in [0.1, 0.15) is 0 Å². The van der Waals surface area contributed by atoms with Crippen molar-refractivity contribution in [1.82, 2.24) is 0 Å². The first-order valence-corrected chi connectivity index (χ1v) is 3.80. The molecule has 0 spiro atoms. The number of halogens is 13. The zero-order valence-corrected chi connectivity index (χ0v) is 11.0. The van der Waals surface area contributed by atoms with Gasteiger partial charge in [-0.3, -0.25) is 0 Å². The van der Waals surface area contributed by atoms with Crippen LogP contribution in [0.25, 0.3) is 0 Å². The molecule has 0 fully saturated rings. The SMILES string of the molecule is FC(F)C(F)(F)C(F)(F)C(F)(F)C(F)(F)C(F)(F)F.[H-].[Na+]. The summed E-state index contributed by atoms with van der Waals surface area (Å²) in [5, 5.41) is 0. The molecule has 0 aliphatic heterocycles. The molecule has 0 bridgehead atoms. The maximum Gasteiger partial charge on any atom is 1.00 e. The fraction of sp³-hybridized carbons (Fsp3) is 1.00. The average Bonchev–Trinajstić information content (AvgIpc) is 2.14.